The summed E-state index contributed by atoms with van der Waals surface area (Å²) in [6, 6.07) is 20.7. The van der Waals surface area contributed by atoms with Crippen LogP contribution in [-0.2, 0) is 6.54 Å². The number of amides is 1. The minimum Gasteiger partial charge on any atom is -0.301 e. The van der Waals surface area contributed by atoms with Gasteiger partial charge in [-0.05, 0) is 44.2 Å². The Bertz CT molecular complexity index is 1090. The third kappa shape index (κ3) is 3.42. The van der Waals surface area contributed by atoms with Gasteiger partial charge in [0.15, 0.2) is 5.82 Å². The highest BCUT2D eigenvalue weighted by Crippen LogP contribution is 2.19. The Labute approximate surface area is 157 Å². The molecule has 0 spiro atoms. The molecule has 134 valence electrons. The number of aryl methyl sites for hydroxylation is 2. The number of benzene rings is 2. The highest BCUT2D eigenvalue weighted by Gasteiger charge is 2.20. The van der Waals surface area contributed by atoms with Crippen LogP contribution in [0.3, 0.4) is 0 Å². The Hall–Kier alpha value is -3.54. The maximum atomic E-state index is 13.1. The summed E-state index contributed by atoms with van der Waals surface area (Å²) >= 11 is 0. The zero-order valence-electron chi connectivity index (χ0n) is 15.2. The Morgan fingerprint density at radius 1 is 0.963 bits per heavy atom. The number of nitrogens with zero attached hydrogens (tertiary/aromatic N) is 5. The Balaban J connectivity index is 1.73. The molecule has 0 saturated carbocycles. The van der Waals surface area contributed by atoms with Gasteiger partial charge in [-0.1, -0.05) is 36.4 Å². The molecule has 0 N–H and O–H groups in total. The second-order valence-electron chi connectivity index (χ2n) is 6.37. The molecule has 6 nitrogen and oxygen atoms in total. The summed E-state index contributed by atoms with van der Waals surface area (Å²) in [5, 5.41) is 4.54. The fourth-order valence-corrected chi connectivity index (χ4v) is 3.04. The van der Waals surface area contributed by atoms with Crippen molar-refractivity contribution in [3.63, 3.8) is 0 Å². The van der Waals surface area contributed by atoms with E-state index in [1.54, 1.807) is 9.42 Å². The van der Waals surface area contributed by atoms with Crippen LogP contribution in [0.5, 0.6) is 0 Å². The Morgan fingerprint density at radius 3 is 2.33 bits per heavy atom. The first-order valence-electron chi connectivity index (χ1n) is 8.74. The van der Waals surface area contributed by atoms with Crippen molar-refractivity contribution in [3.05, 3.63) is 89.5 Å². The van der Waals surface area contributed by atoms with Gasteiger partial charge in [-0.2, -0.15) is 4.98 Å². The lowest BCUT2D eigenvalue weighted by Gasteiger charge is -2.21. The van der Waals surface area contributed by atoms with E-state index in [0.717, 1.165) is 17.1 Å². The van der Waals surface area contributed by atoms with Gasteiger partial charge in [0.1, 0.15) is 0 Å². The van der Waals surface area contributed by atoms with Gasteiger partial charge in [-0.3, -0.25) is 4.79 Å². The van der Waals surface area contributed by atoms with Gasteiger partial charge in [0.2, 0.25) is 0 Å². The summed E-state index contributed by atoms with van der Waals surface area (Å²) in [5.74, 6) is 0.994. The molecule has 4 rings (SSSR count). The summed E-state index contributed by atoms with van der Waals surface area (Å²) in [5.41, 5.74) is 3.26. The molecule has 6 heteroatoms. The van der Waals surface area contributed by atoms with E-state index in [-0.39, 0.29) is 12.5 Å². The first-order chi connectivity index (χ1) is 13.1. The van der Waals surface area contributed by atoms with Crippen molar-refractivity contribution in [3.8, 4) is 0 Å². The van der Waals surface area contributed by atoms with Crippen LogP contribution in [-0.4, -0.2) is 25.5 Å². The van der Waals surface area contributed by atoms with Crippen LogP contribution >= 0.6 is 0 Å². The van der Waals surface area contributed by atoms with Gasteiger partial charge in [-0.25, -0.2) is 9.50 Å². The molecule has 0 aliphatic rings. The van der Waals surface area contributed by atoms with E-state index in [0.29, 0.717) is 17.2 Å². The summed E-state index contributed by atoms with van der Waals surface area (Å²) < 4.78 is 1.71. The van der Waals surface area contributed by atoms with Crippen molar-refractivity contribution in [1.82, 2.24) is 19.6 Å². The molecule has 0 aliphatic heterocycles. The summed E-state index contributed by atoms with van der Waals surface area (Å²) in [6.45, 7) is 4.15. The number of hydrogen-bond acceptors (Lipinski definition) is 4. The highest BCUT2D eigenvalue weighted by atomic mass is 16.2. The maximum Gasteiger partial charge on any atom is 0.258 e. The fraction of sp³-hybridized carbons (Fsp3) is 0.143. The fourth-order valence-electron chi connectivity index (χ4n) is 3.04. The quantitative estimate of drug-likeness (QED) is 0.560. The van der Waals surface area contributed by atoms with Gasteiger partial charge < -0.3 is 4.90 Å². The standard InChI is InChI=1S/C21H19N5O/c1-15-13-16(2)26-21(22-15)23-19(24-26)14-25(18-11-7-4-8-12-18)20(27)17-9-5-3-6-10-17/h3-13H,14H2,1-2H3. The molecule has 0 atom stereocenters. The number of fused-ring (bicyclic) bond motifs is 1. The summed E-state index contributed by atoms with van der Waals surface area (Å²) in [4.78, 5) is 23.8. The van der Waals surface area contributed by atoms with Gasteiger partial charge in [0.05, 0.1) is 6.54 Å². The molecule has 0 saturated heterocycles. The molecular formula is C21H19N5O. The van der Waals surface area contributed by atoms with Crippen molar-refractivity contribution in [2.45, 2.75) is 20.4 Å². The van der Waals surface area contributed by atoms with Crippen LogP contribution in [0.15, 0.2) is 66.7 Å². The topological polar surface area (TPSA) is 63.4 Å². The van der Waals surface area contributed by atoms with Crippen LogP contribution < -0.4 is 4.90 Å². The van der Waals surface area contributed by atoms with E-state index in [1.807, 2.05) is 80.6 Å². The van der Waals surface area contributed by atoms with Crippen molar-refractivity contribution in [1.29, 1.82) is 0 Å². The minimum absolute atomic E-state index is 0.0958. The normalized spacial score (nSPS) is 10.9. The number of rotatable bonds is 4. The molecular weight excluding hydrogens is 338 g/mol. The van der Waals surface area contributed by atoms with Gasteiger partial charge in [0, 0.05) is 22.6 Å². The third-order valence-electron chi connectivity index (χ3n) is 4.30. The number of hydrogen-bond donors (Lipinski definition) is 0. The highest BCUT2D eigenvalue weighted by molar-refractivity contribution is 6.05. The average Bonchev–Trinajstić information content (AvgIpc) is 3.10. The van der Waals surface area contributed by atoms with Crippen LogP contribution in [0.25, 0.3) is 5.78 Å². The second-order valence-corrected chi connectivity index (χ2v) is 6.37. The predicted molar refractivity (Wildman–Crippen MR) is 104 cm³/mol. The number of carbonyl (C=O) groups excluding carboxylic acids is 1. The minimum atomic E-state index is -0.0958. The van der Waals surface area contributed by atoms with Gasteiger partial charge >= 0.3 is 0 Å². The zero-order chi connectivity index (χ0) is 18.8. The van der Waals surface area contributed by atoms with Gasteiger partial charge in [-0.15, -0.1) is 5.10 Å². The van der Waals surface area contributed by atoms with Crippen LogP contribution in [0.2, 0.25) is 0 Å². The van der Waals surface area contributed by atoms with Gasteiger partial charge in [0.25, 0.3) is 11.7 Å². The Morgan fingerprint density at radius 2 is 1.63 bits per heavy atom. The van der Waals surface area contributed by atoms with E-state index in [1.165, 1.54) is 0 Å². The molecule has 0 radical (unpaired) electrons. The molecule has 2 aromatic heterocycles. The largest absolute Gasteiger partial charge is 0.301 e. The summed E-state index contributed by atoms with van der Waals surface area (Å²) in [7, 11) is 0. The first-order valence-corrected chi connectivity index (χ1v) is 8.74. The predicted octanol–water partition coefficient (Wildman–Crippen LogP) is 3.59. The zero-order valence-corrected chi connectivity index (χ0v) is 15.2. The molecule has 2 aromatic carbocycles. The van der Waals surface area contributed by atoms with Crippen LogP contribution in [0.4, 0.5) is 5.69 Å². The van der Waals surface area contributed by atoms with Crippen molar-refractivity contribution in [2.75, 3.05) is 4.90 Å². The van der Waals surface area contributed by atoms with E-state index >= 15 is 0 Å². The first kappa shape index (κ1) is 16.9. The van der Waals surface area contributed by atoms with Crippen molar-refractivity contribution < 1.29 is 4.79 Å². The lowest BCUT2D eigenvalue weighted by molar-refractivity contribution is 0.0984. The van der Waals surface area contributed by atoms with Crippen molar-refractivity contribution >= 4 is 17.4 Å². The van der Waals surface area contributed by atoms with Crippen LogP contribution in [0.1, 0.15) is 27.6 Å². The van der Waals surface area contributed by atoms with E-state index in [9.17, 15) is 4.79 Å². The van der Waals surface area contributed by atoms with Crippen LogP contribution in [0, 0.1) is 13.8 Å². The van der Waals surface area contributed by atoms with Crippen molar-refractivity contribution in [2.24, 2.45) is 0 Å². The number of anilines is 1. The second kappa shape index (κ2) is 6.99. The SMILES string of the molecule is Cc1cc(C)n2nc(CN(C(=O)c3ccccc3)c3ccccc3)nc2n1. The van der Waals surface area contributed by atoms with E-state index in [2.05, 4.69) is 15.1 Å². The molecule has 4 aromatic rings. The molecule has 0 aliphatic carbocycles. The lowest BCUT2D eigenvalue weighted by Crippen LogP contribution is -2.30. The third-order valence-corrected chi connectivity index (χ3v) is 4.30. The van der Waals surface area contributed by atoms with E-state index < -0.39 is 0 Å². The Kier molecular flexibility index (Phi) is 4.38. The molecule has 0 unspecified atom stereocenters. The lowest BCUT2D eigenvalue weighted by atomic mass is 10.2. The molecule has 1 amide bonds. The smallest absolute Gasteiger partial charge is 0.258 e. The maximum absolute atomic E-state index is 13.1. The number of aromatic nitrogens is 4. The van der Waals surface area contributed by atoms with E-state index in [4.69, 9.17) is 0 Å². The molecule has 0 fully saturated rings. The molecule has 27 heavy (non-hydrogen) atoms. The molecule has 0 bridgehead atoms. The number of para-hydroxylation sites is 1. The summed E-state index contributed by atoms with van der Waals surface area (Å²) in [6.07, 6.45) is 0. The monoisotopic (exact) mass is 357 g/mol. The average molecular weight is 357 g/mol. The molecule has 2 heterocycles. The number of carbonyl (C=O) groups is 1.